The largest absolute Gasteiger partial charge is 0.465 e. The molecular formula is C13H14ClIN4O2. The summed E-state index contributed by atoms with van der Waals surface area (Å²) >= 11 is 8.41. The quantitative estimate of drug-likeness (QED) is 0.598. The number of likely N-dealkylation sites (tertiary alicyclic amines) is 1. The smallest absolute Gasteiger partial charge is 0.407 e. The van der Waals surface area contributed by atoms with Gasteiger partial charge in [-0.15, -0.1) is 0 Å². The van der Waals surface area contributed by atoms with Crippen LogP contribution in [0.5, 0.6) is 0 Å². The van der Waals surface area contributed by atoms with Crippen LogP contribution in [0.1, 0.15) is 18.5 Å². The number of amides is 1. The molecule has 21 heavy (non-hydrogen) atoms. The molecule has 1 saturated heterocycles. The molecule has 1 aliphatic heterocycles. The van der Waals surface area contributed by atoms with E-state index in [1.807, 2.05) is 6.92 Å². The van der Waals surface area contributed by atoms with Crippen molar-refractivity contribution in [3.8, 4) is 0 Å². The molecule has 0 radical (unpaired) electrons. The highest BCUT2D eigenvalue weighted by molar-refractivity contribution is 14.1. The zero-order valence-electron chi connectivity index (χ0n) is 11.4. The van der Waals surface area contributed by atoms with Crippen LogP contribution < -0.4 is 0 Å². The fraction of sp³-hybridized carbons (Fsp3) is 0.462. The fourth-order valence-corrected chi connectivity index (χ4v) is 4.09. The molecule has 3 heterocycles. The summed E-state index contributed by atoms with van der Waals surface area (Å²) in [6.45, 7) is 3.20. The van der Waals surface area contributed by atoms with Gasteiger partial charge in [-0.3, -0.25) is 0 Å². The molecule has 0 spiro atoms. The Hall–Kier alpha value is -1.09. The van der Waals surface area contributed by atoms with Crippen molar-refractivity contribution >= 4 is 51.3 Å². The molecule has 0 aromatic carbocycles. The maximum absolute atomic E-state index is 11.3. The van der Waals surface area contributed by atoms with Gasteiger partial charge in [0.05, 0.1) is 11.4 Å². The van der Waals surface area contributed by atoms with Crippen LogP contribution in [-0.2, 0) is 6.54 Å². The van der Waals surface area contributed by atoms with Crippen molar-refractivity contribution < 1.29 is 9.90 Å². The number of hydrogen-bond donors (Lipinski definition) is 1. The van der Waals surface area contributed by atoms with E-state index in [0.717, 1.165) is 33.1 Å². The van der Waals surface area contributed by atoms with Crippen LogP contribution in [0, 0.1) is 10.5 Å². The van der Waals surface area contributed by atoms with Crippen LogP contribution in [-0.4, -0.2) is 43.2 Å². The number of rotatable bonds is 2. The predicted octanol–water partition coefficient (Wildman–Crippen LogP) is 3.14. The van der Waals surface area contributed by atoms with E-state index in [2.05, 4.69) is 37.1 Å². The van der Waals surface area contributed by atoms with E-state index in [1.165, 1.54) is 11.2 Å². The minimum absolute atomic E-state index is 0.0126. The van der Waals surface area contributed by atoms with Crippen molar-refractivity contribution in [1.29, 1.82) is 0 Å². The van der Waals surface area contributed by atoms with E-state index in [-0.39, 0.29) is 6.04 Å². The molecule has 0 aliphatic carbocycles. The lowest BCUT2D eigenvalue weighted by atomic mass is 10.2. The highest BCUT2D eigenvalue weighted by Crippen LogP contribution is 2.31. The molecule has 1 amide bonds. The Labute approximate surface area is 140 Å². The number of nitrogens with zero attached hydrogens (tertiary/aromatic N) is 4. The van der Waals surface area contributed by atoms with Gasteiger partial charge in [0.25, 0.3) is 0 Å². The van der Waals surface area contributed by atoms with E-state index < -0.39 is 6.09 Å². The van der Waals surface area contributed by atoms with Gasteiger partial charge in [0.15, 0.2) is 0 Å². The maximum atomic E-state index is 11.3. The molecule has 0 bridgehead atoms. The van der Waals surface area contributed by atoms with Crippen LogP contribution in [0.2, 0.25) is 5.15 Å². The average molecular weight is 421 g/mol. The number of hydrogen-bond acceptors (Lipinski definition) is 3. The predicted molar refractivity (Wildman–Crippen MR) is 87.7 cm³/mol. The van der Waals surface area contributed by atoms with Crippen LogP contribution in [0.25, 0.3) is 11.0 Å². The Bertz CT molecular complexity index is 718. The third kappa shape index (κ3) is 2.46. The van der Waals surface area contributed by atoms with E-state index in [4.69, 9.17) is 11.6 Å². The highest BCUT2D eigenvalue weighted by Gasteiger charge is 2.30. The lowest BCUT2D eigenvalue weighted by Gasteiger charge is -2.22. The summed E-state index contributed by atoms with van der Waals surface area (Å²) < 4.78 is 3.07. The molecule has 8 heteroatoms. The molecule has 3 rings (SSSR count). The second-order valence-corrected chi connectivity index (χ2v) is 6.58. The summed E-state index contributed by atoms with van der Waals surface area (Å²) in [5.41, 5.74) is 1.82. The van der Waals surface area contributed by atoms with Crippen LogP contribution in [0.15, 0.2) is 6.33 Å². The lowest BCUT2D eigenvalue weighted by Crippen LogP contribution is -2.37. The Morgan fingerprint density at radius 1 is 1.57 bits per heavy atom. The Morgan fingerprint density at radius 2 is 2.33 bits per heavy atom. The minimum Gasteiger partial charge on any atom is -0.465 e. The number of carbonyl (C=O) groups is 1. The first-order chi connectivity index (χ1) is 10.0. The van der Waals surface area contributed by atoms with Crippen LogP contribution in [0.3, 0.4) is 0 Å². The summed E-state index contributed by atoms with van der Waals surface area (Å²) in [6, 6.07) is -0.0126. The molecule has 0 saturated carbocycles. The first-order valence-electron chi connectivity index (χ1n) is 6.65. The van der Waals surface area contributed by atoms with Gasteiger partial charge >= 0.3 is 6.09 Å². The molecule has 6 nitrogen and oxygen atoms in total. The van der Waals surface area contributed by atoms with Gasteiger partial charge in [-0.2, -0.15) is 0 Å². The minimum atomic E-state index is -0.853. The maximum Gasteiger partial charge on any atom is 0.407 e. The molecule has 2 aromatic rings. The van der Waals surface area contributed by atoms with Crippen molar-refractivity contribution in [3.05, 3.63) is 20.7 Å². The van der Waals surface area contributed by atoms with Gasteiger partial charge in [0, 0.05) is 22.4 Å². The molecule has 1 unspecified atom stereocenters. The molecule has 1 aliphatic rings. The van der Waals surface area contributed by atoms with Crippen LogP contribution >= 0.6 is 34.2 Å². The Morgan fingerprint density at radius 3 is 3.05 bits per heavy atom. The highest BCUT2D eigenvalue weighted by atomic mass is 127. The summed E-state index contributed by atoms with van der Waals surface area (Å²) in [5, 5.41) is 10.5. The second-order valence-electron chi connectivity index (χ2n) is 5.15. The van der Waals surface area contributed by atoms with Crippen molar-refractivity contribution in [2.45, 2.75) is 32.4 Å². The number of aromatic nitrogens is 3. The SMILES string of the molecule is Cc1c(I)c2c(Cl)ncnc2n1CC1CCCN1C(=O)O. The monoisotopic (exact) mass is 420 g/mol. The normalized spacial score (nSPS) is 18.6. The van der Waals surface area contributed by atoms with Crippen LogP contribution in [0.4, 0.5) is 4.79 Å². The van der Waals surface area contributed by atoms with E-state index in [9.17, 15) is 9.90 Å². The first-order valence-corrected chi connectivity index (χ1v) is 8.10. The lowest BCUT2D eigenvalue weighted by molar-refractivity contribution is 0.136. The van der Waals surface area contributed by atoms with Gasteiger partial charge in [-0.05, 0) is 42.4 Å². The Kier molecular flexibility index (Phi) is 3.96. The molecular weight excluding hydrogens is 407 g/mol. The molecule has 112 valence electrons. The first kappa shape index (κ1) is 14.8. The van der Waals surface area contributed by atoms with Crippen molar-refractivity contribution in [2.75, 3.05) is 6.54 Å². The van der Waals surface area contributed by atoms with Gasteiger partial charge < -0.3 is 14.6 Å². The second kappa shape index (κ2) is 5.60. The Balaban J connectivity index is 2.03. The number of fused-ring (bicyclic) bond motifs is 1. The standard InChI is InChI=1S/C13H14ClIN4O2/c1-7-10(15)9-11(14)16-6-17-12(9)19(7)5-8-3-2-4-18(8)13(20)21/h6,8H,2-5H2,1H3,(H,20,21). The van der Waals surface area contributed by atoms with Gasteiger partial charge in [-0.1, -0.05) is 11.6 Å². The number of halogens is 2. The van der Waals surface area contributed by atoms with E-state index in [1.54, 1.807) is 0 Å². The van der Waals surface area contributed by atoms with Gasteiger partial charge in [-0.25, -0.2) is 14.8 Å². The zero-order chi connectivity index (χ0) is 15.1. The van der Waals surface area contributed by atoms with Crippen molar-refractivity contribution in [2.24, 2.45) is 0 Å². The van der Waals surface area contributed by atoms with Crippen molar-refractivity contribution in [1.82, 2.24) is 19.4 Å². The summed E-state index contributed by atoms with van der Waals surface area (Å²) in [6.07, 6.45) is 2.37. The van der Waals surface area contributed by atoms with Crippen molar-refractivity contribution in [3.63, 3.8) is 0 Å². The molecule has 2 aromatic heterocycles. The molecule has 1 N–H and O–H groups in total. The fourth-order valence-electron chi connectivity index (χ4n) is 2.92. The molecule has 1 fully saturated rings. The third-order valence-electron chi connectivity index (χ3n) is 3.99. The van der Waals surface area contributed by atoms with E-state index >= 15 is 0 Å². The topological polar surface area (TPSA) is 71.2 Å². The van der Waals surface area contributed by atoms with Gasteiger partial charge in [0.2, 0.25) is 0 Å². The average Bonchev–Trinajstić information content (AvgIpc) is 2.99. The zero-order valence-corrected chi connectivity index (χ0v) is 14.3. The molecule has 1 atom stereocenters. The summed E-state index contributed by atoms with van der Waals surface area (Å²) in [5.74, 6) is 0. The summed E-state index contributed by atoms with van der Waals surface area (Å²) in [4.78, 5) is 21.2. The van der Waals surface area contributed by atoms with E-state index in [0.29, 0.717) is 18.2 Å². The number of carboxylic acid groups (broad SMARTS) is 1. The summed E-state index contributed by atoms with van der Waals surface area (Å²) in [7, 11) is 0. The third-order valence-corrected chi connectivity index (χ3v) is 5.60. The van der Waals surface area contributed by atoms with Gasteiger partial charge in [0.1, 0.15) is 17.1 Å².